The minimum Gasteiger partial charge on any atom is -0.505 e. The van der Waals surface area contributed by atoms with Crippen LogP contribution in [0.15, 0.2) is 109 Å². The van der Waals surface area contributed by atoms with Crippen LogP contribution in [0.5, 0.6) is 5.75 Å². The molecule has 0 aliphatic rings. The van der Waals surface area contributed by atoms with Gasteiger partial charge in [-0.2, -0.15) is 40.2 Å². The lowest BCUT2D eigenvalue weighted by molar-refractivity contribution is -0.166. The Bertz CT molecular complexity index is 3440. The second kappa shape index (κ2) is 20.8. The maximum Gasteiger partial charge on any atom is 0.312 e. The number of phenolic OH excluding ortho intramolecular Hbond substituents is 1. The molecule has 0 bridgehead atoms. The third kappa shape index (κ3) is 13.2. The van der Waals surface area contributed by atoms with E-state index in [-0.39, 0.29) is 53.7 Å². The maximum absolute atomic E-state index is 13.2. The number of fused-ring (bicyclic) bond motifs is 2. The minimum atomic E-state index is -5.32. The maximum atomic E-state index is 13.2. The molecule has 0 aliphatic heterocycles. The molecule has 6 rings (SSSR count). The van der Waals surface area contributed by atoms with Crippen LogP contribution >= 0.6 is 11.6 Å². The summed E-state index contributed by atoms with van der Waals surface area (Å²) in [5, 5.41) is 24.1. The molecule has 5 aromatic carbocycles. The van der Waals surface area contributed by atoms with Gasteiger partial charge in [0.1, 0.15) is 27.8 Å². The topological polar surface area (TPSA) is 323 Å². The zero-order valence-electron chi connectivity index (χ0n) is 39.2. The van der Waals surface area contributed by atoms with Gasteiger partial charge in [-0.25, -0.2) is 0 Å². The van der Waals surface area contributed by atoms with E-state index in [1.165, 1.54) is 18.2 Å². The van der Waals surface area contributed by atoms with E-state index >= 15 is 0 Å². The normalized spacial score (nSPS) is 14.1. The molecule has 2 unspecified atom stereocenters. The van der Waals surface area contributed by atoms with Crippen LogP contribution in [0, 0.1) is 16.2 Å². The molecule has 71 heavy (non-hydrogen) atoms. The Kier molecular flexibility index (Phi) is 15.9. The van der Waals surface area contributed by atoms with E-state index in [9.17, 15) is 53.0 Å². The number of carbonyl (C=O) groups is 1. The smallest absolute Gasteiger partial charge is 0.312 e. The Balaban J connectivity index is 1.22. The van der Waals surface area contributed by atoms with Gasteiger partial charge in [0, 0.05) is 21.4 Å². The first kappa shape index (κ1) is 54.6. The summed E-state index contributed by atoms with van der Waals surface area (Å²) < 4.78 is 130. The van der Waals surface area contributed by atoms with E-state index in [1.807, 2.05) is 27.7 Å². The SMILES string of the molecule is CC(C)(C)CC(C)(C(=O)OCCOCCS(=O)c1ccc(Nc2nc(Cl)nc(Nc3cc(S(=O)(=O)O)cc4cc(S(=O)(=O)O)c(N=Nc5ccc6ccccc6c5S(=O)(=O)O)c(O)c34)n2)cc1)C(C)(C)C. The Morgan fingerprint density at radius 3 is 2.00 bits per heavy atom. The van der Waals surface area contributed by atoms with Crippen molar-refractivity contribution >= 4 is 115 Å². The minimum absolute atomic E-state index is 0.0222. The van der Waals surface area contributed by atoms with Crippen molar-refractivity contribution in [3.05, 3.63) is 84.1 Å². The van der Waals surface area contributed by atoms with Crippen molar-refractivity contribution in [3.8, 4) is 5.75 Å². The number of rotatable bonds is 18. The molecule has 0 radical (unpaired) electrons. The molecule has 0 amide bonds. The zero-order valence-corrected chi connectivity index (χ0v) is 43.2. The molecule has 0 saturated heterocycles. The van der Waals surface area contributed by atoms with Gasteiger partial charge < -0.3 is 25.2 Å². The highest BCUT2D eigenvalue weighted by atomic mass is 35.5. The van der Waals surface area contributed by atoms with Crippen molar-refractivity contribution in [2.24, 2.45) is 26.5 Å². The number of phenols is 1. The molecule has 0 fully saturated rings. The van der Waals surface area contributed by atoms with Gasteiger partial charge in [0.25, 0.3) is 30.4 Å². The summed E-state index contributed by atoms with van der Waals surface area (Å²) >= 11 is 6.25. The molecule has 6 N–H and O–H groups in total. The Morgan fingerprint density at radius 2 is 1.39 bits per heavy atom. The summed E-state index contributed by atoms with van der Waals surface area (Å²) in [5.41, 5.74) is -2.64. The molecule has 0 saturated carbocycles. The lowest BCUT2D eigenvalue weighted by atomic mass is 9.61. The summed E-state index contributed by atoms with van der Waals surface area (Å²) in [6.45, 7) is 14.5. The summed E-state index contributed by atoms with van der Waals surface area (Å²) in [5.74, 6) is -1.78. The van der Waals surface area contributed by atoms with Crippen LogP contribution in [0.1, 0.15) is 54.9 Å². The summed E-state index contributed by atoms with van der Waals surface area (Å²) in [6.07, 6.45) is 0.631. The van der Waals surface area contributed by atoms with E-state index in [0.29, 0.717) is 28.5 Å². The fraction of sp³-hybridized carbons (Fsp3) is 0.333. The number of azo groups is 1. The highest BCUT2D eigenvalue weighted by molar-refractivity contribution is 7.86. The molecule has 1 aromatic heterocycles. The van der Waals surface area contributed by atoms with Crippen molar-refractivity contribution in [1.29, 1.82) is 0 Å². The average Bonchev–Trinajstić information content (AvgIpc) is 3.24. The van der Waals surface area contributed by atoms with Crippen LogP contribution < -0.4 is 10.6 Å². The highest BCUT2D eigenvalue weighted by Crippen LogP contribution is 2.48. The van der Waals surface area contributed by atoms with Gasteiger partial charge in [-0.1, -0.05) is 71.9 Å². The van der Waals surface area contributed by atoms with E-state index in [2.05, 4.69) is 56.6 Å². The largest absolute Gasteiger partial charge is 0.505 e. The summed E-state index contributed by atoms with van der Waals surface area (Å²) in [6, 6.07) is 17.2. The fourth-order valence-corrected chi connectivity index (χ4v) is 10.6. The van der Waals surface area contributed by atoms with E-state index in [0.717, 1.165) is 18.2 Å². The number of anilines is 4. The van der Waals surface area contributed by atoms with E-state index in [1.54, 1.807) is 36.4 Å². The molecule has 0 aliphatic carbocycles. The van der Waals surface area contributed by atoms with Crippen LogP contribution in [-0.2, 0) is 55.4 Å². The number of hydrogen-bond acceptors (Lipinski definition) is 18. The van der Waals surface area contributed by atoms with Crippen LogP contribution in [0.4, 0.5) is 34.6 Å². The zero-order chi connectivity index (χ0) is 52.5. The molecule has 26 heteroatoms. The number of esters is 1. The lowest BCUT2D eigenvalue weighted by Gasteiger charge is -2.43. The Morgan fingerprint density at radius 1 is 0.746 bits per heavy atom. The summed E-state index contributed by atoms with van der Waals surface area (Å²) in [4.78, 5) is 23.3. The number of carbonyl (C=O) groups excluding carboxylic acids is 1. The fourth-order valence-electron chi connectivity index (χ4n) is 7.50. The second-order valence-electron chi connectivity index (χ2n) is 18.5. The highest BCUT2D eigenvalue weighted by Gasteiger charge is 2.47. The number of nitrogens with one attached hydrogen (secondary N) is 2. The van der Waals surface area contributed by atoms with Crippen LogP contribution in [0.2, 0.25) is 5.28 Å². The number of ether oxygens (including phenoxy) is 2. The third-order valence-corrected chi connectivity index (χ3v) is 15.3. The standard InChI is InChI=1S/C45H50ClN7O14S4/c1-43(2,3)25-45(7,44(4,5)6)39(55)67-19-18-66-20-21-68(56)29-15-13-28(14-16-29)47-41-49-40(46)50-42(51-41)48-33-24-30(69(57,58)59)22-27-23-34(70(60,61)62)36(37(54)35(27)33)53-52-32-17-12-26-10-8-9-11-31(26)38(32)71(63,64)65/h8-17,22-24,54H,18-21,25H2,1-7H3,(H,57,58,59)(H,60,61,62)(H,63,64,65)(H2,47,48,49,50,51). The first-order valence-electron chi connectivity index (χ1n) is 21.2. The van der Waals surface area contributed by atoms with Crippen molar-refractivity contribution in [1.82, 2.24) is 15.0 Å². The van der Waals surface area contributed by atoms with Crippen LogP contribution in [0.25, 0.3) is 21.5 Å². The monoisotopic (exact) mass is 1080 g/mol. The van der Waals surface area contributed by atoms with Crippen molar-refractivity contribution < 1.29 is 62.5 Å². The summed E-state index contributed by atoms with van der Waals surface area (Å²) in [7, 11) is -16.8. The van der Waals surface area contributed by atoms with Gasteiger partial charge in [-0.3, -0.25) is 22.7 Å². The quantitative estimate of drug-likeness (QED) is 0.0202. The first-order valence-corrected chi connectivity index (χ1v) is 27.3. The lowest BCUT2D eigenvalue weighted by Crippen LogP contribution is -2.44. The number of benzene rings is 5. The second-order valence-corrected chi connectivity index (χ2v) is 24.6. The van der Waals surface area contributed by atoms with Gasteiger partial charge in [0.2, 0.25) is 17.2 Å². The van der Waals surface area contributed by atoms with Gasteiger partial charge in [-0.15, -0.1) is 10.2 Å². The molecular weight excluding hydrogens is 1030 g/mol. The van der Waals surface area contributed by atoms with Gasteiger partial charge >= 0.3 is 5.97 Å². The third-order valence-electron chi connectivity index (χ3n) is 11.2. The first-order chi connectivity index (χ1) is 32.9. The predicted octanol–water partition coefficient (Wildman–Crippen LogP) is 9.34. The molecule has 2 atom stereocenters. The van der Waals surface area contributed by atoms with Crippen molar-refractivity contribution in [3.63, 3.8) is 0 Å². The van der Waals surface area contributed by atoms with Crippen LogP contribution in [-0.4, -0.2) is 94.7 Å². The van der Waals surface area contributed by atoms with Gasteiger partial charge in [0.15, 0.2) is 5.75 Å². The average molecular weight is 1080 g/mol. The molecular formula is C45H50ClN7O14S4. The molecule has 380 valence electrons. The molecule has 21 nitrogen and oxygen atoms in total. The van der Waals surface area contributed by atoms with Crippen molar-refractivity contribution in [2.45, 2.75) is 74.5 Å². The van der Waals surface area contributed by atoms with Gasteiger partial charge in [-0.05, 0) is 95.1 Å². The number of halogens is 1. The number of nitrogens with zero attached hydrogens (tertiary/aromatic N) is 5. The van der Waals surface area contributed by atoms with Gasteiger partial charge in [0.05, 0.1) is 45.8 Å². The molecule has 6 aromatic rings. The Labute approximate surface area is 417 Å². The number of hydrogen-bond donors (Lipinski definition) is 6. The number of aromatic hydroxyl groups is 1. The Hall–Kier alpha value is -5.77. The van der Waals surface area contributed by atoms with E-state index in [4.69, 9.17) is 21.1 Å². The molecule has 0 spiro atoms. The van der Waals surface area contributed by atoms with Crippen molar-refractivity contribution in [2.75, 3.05) is 36.2 Å². The van der Waals surface area contributed by atoms with Crippen LogP contribution in [0.3, 0.4) is 0 Å². The molecule has 1 heterocycles. The number of aromatic nitrogens is 3. The van der Waals surface area contributed by atoms with E-state index < -0.39 is 106 Å². The predicted molar refractivity (Wildman–Crippen MR) is 266 cm³/mol.